The van der Waals surface area contributed by atoms with Crippen LogP contribution in [0.15, 0.2) is 71.6 Å². The summed E-state index contributed by atoms with van der Waals surface area (Å²) < 4.78 is 0. The van der Waals surface area contributed by atoms with Crippen molar-refractivity contribution in [2.24, 2.45) is 0 Å². The first-order chi connectivity index (χ1) is 15.5. The van der Waals surface area contributed by atoms with E-state index in [1.165, 1.54) is 4.90 Å². The van der Waals surface area contributed by atoms with E-state index in [0.29, 0.717) is 43.0 Å². The van der Waals surface area contributed by atoms with Crippen LogP contribution in [0.3, 0.4) is 0 Å². The zero-order chi connectivity index (χ0) is 22.2. The Balaban J connectivity index is 1.41. The van der Waals surface area contributed by atoms with Crippen molar-refractivity contribution in [3.8, 4) is 0 Å². The van der Waals surface area contributed by atoms with Crippen LogP contribution in [0.4, 0.5) is 5.69 Å². The van der Waals surface area contributed by atoms with E-state index in [9.17, 15) is 14.4 Å². The highest BCUT2D eigenvalue weighted by Crippen LogP contribution is 2.34. The Hall–Kier alpha value is -3.67. The fraction of sp³-hybridized carbons (Fsp3) is 0.269. The van der Waals surface area contributed by atoms with Crippen LogP contribution in [0, 0.1) is 6.92 Å². The minimum absolute atomic E-state index is 0.0235. The monoisotopic (exact) mass is 427 g/mol. The van der Waals surface area contributed by atoms with Gasteiger partial charge in [0.1, 0.15) is 11.9 Å². The van der Waals surface area contributed by atoms with Gasteiger partial charge in [0.15, 0.2) is 5.78 Å². The Bertz CT molecular complexity index is 1150. The lowest BCUT2D eigenvalue weighted by Crippen LogP contribution is -2.41. The normalized spacial score (nSPS) is 24.7. The minimum atomic E-state index is -0.587. The van der Waals surface area contributed by atoms with Crippen molar-refractivity contribution >= 4 is 29.4 Å². The highest BCUT2D eigenvalue weighted by atomic mass is 16.2. The summed E-state index contributed by atoms with van der Waals surface area (Å²) in [7, 11) is 0. The lowest BCUT2D eigenvalue weighted by atomic mass is 10.1. The topological polar surface area (TPSA) is 69.7 Å². The third kappa shape index (κ3) is 3.51. The molecule has 2 amide bonds. The van der Waals surface area contributed by atoms with Crippen molar-refractivity contribution in [3.05, 3.63) is 82.7 Å². The fourth-order valence-electron chi connectivity index (χ4n) is 4.72. The molecule has 2 aliphatic heterocycles. The summed E-state index contributed by atoms with van der Waals surface area (Å²) in [5, 5.41) is 3.31. The number of aryl methyl sites for hydroxylation is 1. The van der Waals surface area contributed by atoms with Gasteiger partial charge in [0.2, 0.25) is 5.91 Å². The molecule has 32 heavy (non-hydrogen) atoms. The second-order valence-electron chi connectivity index (χ2n) is 8.48. The Labute approximate surface area is 187 Å². The lowest BCUT2D eigenvalue weighted by molar-refractivity contribution is -0.122. The largest absolute Gasteiger partial charge is 0.370 e. The zero-order valence-electron chi connectivity index (χ0n) is 18.0. The number of anilines is 1. The molecule has 1 atom stereocenters. The molecule has 0 bridgehead atoms. The van der Waals surface area contributed by atoms with Gasteiger partial charge in [0, 0.05) is 24.2 Å². The summed E-state index contributed by atoms with van der Waals surface area (Å²) >= 11 is 0. The molecule has 2 saturated heterocycles. The van der Waals surface area contributed by atoms with E-state index < -0.39 is 6.04 Å². The maximum atomic E-state index is 13.3. The van der Waals surface area contributed by atoms with Gasteiger partial charge in [0.05, 0.1) is 12.1 Å². The Morgan fingerprint density at radius 1 is 0.969 bits per heavy atom. The molecule has 6 heteroatoms. The number of carbonyl (C=O) groups excluding carboxylic acids is 3. The molecular weight excluding hydrogens is 402 g/mol. The number of Topliss-reactive ketones (excluding diaryl/α,β-unsaturated/α-hetero) is 1. The summed E-state index contributed by atoms with van der Waals surface area (Å²) in [6.45, 7) is 3.20. The SMILES string of the molecule is Cc1ccc(N2C(=O)CC(N3CCN/C3=C3/CC/C(=C\c4ccccc4)C3=O)C2=O)cc1. The van der Waals surface area contributed by atoms with Crippen molar-refractivity contribution < 1.29 is 14.4 Å². The van der Waals surface area contributed by atoms with Gasteiger partial charge in [-0.15, -0.1) is 0 Å². The summed E-state index contributed by atoms with van der Waals surface area (Å²) in [4.78, 5) is 42.4. The predicted molar refractivity (Wildman–Crippen MR) is 122 cm³/mol. The van der Waals surface area contributed by atoms with Gasteiger partial charge in [-0.1, -0.05) is 48.0 Å². The van der Waals surface area contributed by atoms with Crippen molar-refractivity contribution in [1.82, 2.24) is 10.2 Å². The molecule has 1 N–H and O–H groups in total. The van der Waals surface area contributed by atoms with Gasteiger partial charge >= 0.3 is 0 Å². The van der Waals surface area contributed by atoms with E-state index in [1.54, 1.807) is 12.1 Å². The average Bonchev–Trinajstić information content (AvgIpc) is 3.48. The number of nitrogens with one attached hydrogen (secondary N) is 1. The van der Waals surface area contributed by atoms with Crippen LogP contribution < -0.4 is 10.2 Å². The van der Waals surface area contributed by atoms with Crippen molar-refractivity contribution in [3.63, 3.8) is 0 Å². The molecule has 5 rings (SSSR count). The van der Waals surface area contributed by atoms with Crippen molar-refractivity contribution in [2.45, 2.75) is 32.2 Å². The number of nitrogens with zero attached hydrogens (tertiary/aromatic N) is 2. The Kier molecular flexibility index (Phi) is 5.13. The van der Waals surface area contributed by atoms with Gasteiger partial charge < -0.3 is 10.2 Å². The number of rotatable bonds is 3. The zero-order valence-corrected chi connectivity index (χ0v) is 18.0. The number of ketones is 1. The molecule has 3 fully saturated rings. The first kappa shape index (κ1) is 20.2. The third-order valence-corrected chi connectivity index (χ3v) is 6.36. The summed E-state index contributed by atoms with van der Waals surface area (Å²) in [5.41, 5.74) is 4.16. The molecule has 1 aliphatic carbocycles. The minimum Gasteiger partial charge on any atom is -0.370 e. The van der Waals surface area contributed by atoms with E-state index >= 15 is 0 Å². The van der Waals surface area contributed by atoms with Crippen LogP contribution in [0.25, 0.3) is 6.08 Å². The van der Waals surface area contributed by atoms with E-state index in [1.807, 2.05) is 60.4 Å². The highest BCUT2D eigenvalue weighted by molar-refractivity contribution is 6.22. The molecule has 2 heterocycles. The molecule has 1 unspecified atom stereocenters. The van der Waals surface area contributed by atoms with Crippen molar-refractivity contribution in [1.29, 1.82) is 0 Å². The summed E-state index contributed by atoms with van der Waals surface area (Å²) in [6.07, 6.45) is 3.37. The highest BCUT2D eigenvalue weighted by Gasteiger charge is 2.45. The molecule has 1 saturated carbocycles. The van der Waals surface area contributed by atoms with E-state index in [-0.39, 0.29) is 24.0 Å². The van der Waals surface area contributed by atoms with Crippen molar-refractivity contribution in [2.75, 3.05) is 18.0 Å². The van der Waals surface area contributed by atoms with E-state index in [2.05, 4.69) is 5.32 Å². The number of imide groups is 1. The average molecular weight is 428 g/mol. The number of amides is 2. The molecule has 3 aliphatic rings. The molecule has 6 nitrogen and oxygen atoms in total. The second-order valence-corrected chi connectivity index (χ2v) is 8.48. The number of allylic oxidation sites excluding steroid dienone is 2. The van der Waals surface area contributed by atoms with Crippen LogP contribution in [0.2, 0.25) is 0 Å². The third-order valence-electron chi connectivity index (χ3n) is 6.36. The van der Waals surface area contributed by atoms with Crippen LogP contribution in [0.1, 0.15) is 30.4 Å². The summed E-state index contributed by atoms with van der Waals surface area (Å²) in [6, 6.07) is 16.6. The molecular formula is C26H25N3O3. The first-order valence-electron chi connectivity index (χ1n) is 11.0. The molecule has 162 valence electrons. The summed E-state index contributed by atoms with van der Waals surface area (Å²) in [5.74, 6) is 0.299. The van der Waals surface area contributed by atoms with Gasteiger partial charge in [-0.2, -0.15) is 0 Å². The number of carbonyl (C=O) groups is 3. The first-order valence-corrected chi connectivity index (χ1v) is 11.0. The standard InChI is InChI=1S/C26H25N3O3/c1-17-7-10-20(11-8-17)29-23(30)16-22(26(29)32)28-14-13-27-25(28)21-12-9-19(24(21)31)15-18-5-3-2-4-6-18/h2-8,10-11,15,22,27H,9,12-14,16H2,1H3/b19-15+,25-21+. The molecule has 2 aromatic carbocycles. The molecule has 0 aromatic heterocycles. The Morgan fingerprint density at radius 3 is 2.47 bits per heavy atom. The van der Waals surface area contributed by atoms with Crippen LogP contribution >= 0.6 is 0 Å². The number of hydrogen-bond donors (Lipinski definition) is 1. The maximum absolute atomic E-state index is 13.3. The quantitative estimate of drug-likeness (QED) is 0.602. The van der Waals surface area contributed by atoms with Crippen LogP contribution in [0.5, 0.6) is 0 Å². The Morgan fingerprint density at radius 2 is 1.72 bits per heavy atom. The smallest absolute Gasteiger partial charge is 0.257 e. The van der Waals surface area contributed by atoms with Gasteiger partial charge in [-0.3, -0.25) is 14.4 Å². The van der Waals surface area contributed by atoms with Gasteiger partial charge in [-0.05, 0) is 43.5 Å². The fourth-order valence-corrected chi connectivity index (χ4v) is 4.72. The van der Waals surface area contributed by atoms with Crippen LogP contribution in [-0.2, 0) is 14.4 Å². The molecule has 0 spiro atoms. The van der Waals surface area contributed by atoms with E-state index in [0.717, 1.165) is 16.7 Å². The molecule has 2 aromatic rings. The maximum Gasteiger partial charge on any atom is 0.257 e. The van der Waals surface area contributed by atoms with Crippen LogP contribution in [-0.4, -0.2) is 41.6 Å². The van der Waals surface area contributed by atoms with Gasteiger partial charge in [0.25, 0.3) is 5.91 Å². The lowest BCUT2D eigenvalue weighted by Gasteiger charge is -2.26. The predicted octanol–water partition coefficient (Wildman–Crippen LogP) is 3.19. The second kappa shape index (κ2) is 8.11. The molecule has 0 radical (unpaired) electrons. The number of hydrogen-bond acceptors (Lipinski definition) is 5. The number of benzene rings is 2. The van der Waals surface area contributed by atoms with Gasteiger partial charge in [-0.25, -0.2) is 4.90 Å². The van der Waals surface area contributed by atoms with E-state index in [4.69, 9.17) is 0 Å².